The predicted octanol–water partition coefficient (Wildman–Crippen LogP) is 1.25. The Morgan fingerprint density at radius 3 is 2.76 bits per heavy atom. The molecule has 2 aromatic heterocycles. The lowest BCUT2D eigenvalue weighted by Gasteiger charge is -2.07. The summed E-state index contributed by atoms with van der Waals surface area (Å²) in [5.74, 6) is 1.80. The van der Waals surface area contributed by atoms with Crippen molar-refractivity contribution in [2.45, 2.75) is 33.2 Å². The molecule has 0 amide bonds. The van der Waals surface area contributed by atoms with Crippen LogP contribution in [0.4, 0.5) is 0 Å². The number of rotatable bonds is 4. The molecule has 0 fully saturated rings. The lowest BCUT2D eigenvalue weighted by Crippen LogP contribution is -2.10. The summed E-state index contributed by atoms with van der Waals surface area (Å²) in [7, 11) is 0. The maximum Gasteiger partial charge on any atom is 0.151 e. The van der Waals surface area contributed by atoms with E-state index in [0.29, 0.717) is 6.54 Å². The molecule has 0 aliphatic rings. The maximum absolute atomic E-state index is 5.69. The topological polar surface area (TPSA) is 69.6 Å². The smallest absolute Gasteiger partial charge is 0.151 e. The van der Waals surface area contributed by atoms with Gasteiger partial charge in [0.15, 0.2) is 5.82 Å². The summed E-state index contributed by atoms with van der Waals surface area (Å²) in [5, 5.41) is 4.49. The molecule has 2 heterocycles. The minimum absolute atomic E-state index is 0.403. The zero-order valence-corrected chi connectivity index (χ0v) is 10.2. The molecular weight excluding hydrogens is 214 g/mol. The number of aromatic nitrogens is 4. The molecule has 0 saturated heterocycles. The number of aryl methyl sites for hydroxylation is 2. The number of pyridine rings is 1. The van der Waals surface area contributed by atoms with Gasteiger partial charge in [0.05, 0.1) is 11.4 Å². The average Bonchev–Trinajstić information content (AvgIpc) is 2.81. The van der Waals surface area contributed by atoms with Crippen molar-refractivity contribution in [2.75, 3.05) is 0 Å². The highest BCUT2D eigenvalue weighted by Gasteiger charge is 2.12. The van der Waals surface area contributed by atoms with E-state index in [4.69, 9.17) is 5.73 Å². The van der Waals surface area contributed by atoms with Crippen LogP contribution in [0.3, 0.4) is 0 Å². The molecule has 0 spiro atoms. The van der Waals surface area contributed by atoms with Crippen molar-refractivity contribution < 1.29 is 0 Å². The van der Waals surface area contributed by atoms with Gasteiger partial charge in [-0.15, -0.1) is 0 Å². The van der Waals surface area contributed by atoms with Gasteiger partial charge in [0.1, 0.15) is 5.82 Å². The Labute approximate surface area is 101 Å². The molecule has 0 aliphatic heterocycles. The summed E-state index contributed by atoms with van der Waals surface area (Å²) in [6, 6.07) is 3.86. The van der Waals surface area contributed by atoms with Crippen molar-refractivity contribution in [2.24, 2.45) is 5.73 Å². The van der Waals surface area contributed by atoms with Gasteiger partial charge in [-0.05, 0) is 12.1 Å². The summed E-state index contributed by atoms with van der Waals surface area (Å²) >= 11 is 0. The van der Waals surface area contributed by atoms with Crippen LogP contribution in [0, 0.1) is 0 Å². The summed E-state index contributed by atoms with van der Waals surface area (Å²) in [6.07, 6.45) is 3.42. The average molecular weight is 231 g/mol. The van der Waals surface area contributed by atoms with Crippen LogP contribution >= 0.6 is 0 Å². The molecule has 2 N–H and O–H groups in total. The van der Waals surface area contributed by atoms with Crippen LogP contribution in [0.5, 0.6) is 0 Å². The van der Waals surface area contributed by atoms with Crippen LogP contribution < -0.4 is 5.73 Å². The van der Waals surface area contributed by atoms with Gasteiger partial charge in [0.2, 0.25) is 0 Å². The molecule has 0 radical (unpaired) electrons. The van der Waals surface area contributed by atoms with Crippen LogP contribution in [0.1, 0.15) is 31.2 Å². The zero-order valence-electron chi connectivity index (χ0n) is 10.2. The Balaban J connectivity index is 2.54. The molecule has 0 unspecified atom stereocenters. The van der Waals surface area contributed by atoms with Crippen molar-refractivity contribution in [3.63, 3.8) is 0 Å². The molecule has 2 aromatic rings. The quantitative estimate of drug-likeness (QED) is 0.859. The van der Waals surface area contributed by atoms with Gasteiger partial charge in [-0.3, -0.25) is 4.98 Å². The van der Waals surface area contributed by atoms with E-state index in [1.165, 1.54) is 0 Å². The maximum atomic E-state index is 5.69. The fourth-order valence-electron chi connectivity index (χ4n) is 1.74. The van der Waals surface area contributed by atoms with Crippen LogP contribution in [-0.2, 0) is 19.4 Å². The SMILES string of the molecule is CCc1nc(CC)n(-c2cccnc2CN)n1. The molecule has 0 atom stereocenters. The second-order valence-corrected chi connectivity index (χ2v) is 3.74. The monoisotopic (exact) mass is 231 g/mol. The van der Waals surface area contributed by atoms with Crippen molar-refractivity contribution >= 4 is 0 Å². The van der Waals surface area contributed by atoms with Gasteiger partial charge in [-0.2, -0.15) is 5.10 Å². The van der Waals surface area contributed by atoms with Crippen LogP contribution in [0.25, 0.3) is 5.69 Å². The number of nitrogens with zero attached hydrogens (tertiary/aromatic N) is 4. The van der Waals surface area contributed by atoms with E-state index >= 15 is 0 Å². The first-order valence-corrected chi connectivity index (χ1v) is 5.89. The number of nitrogens with two attached hydrogens (primary N) is 1. The lowest BCUT2D eigenvalue weighted by atomic mass is 10.3. The third kappa shape index (κ3) is 2.19. The summed E-state index contributed by atoms with van der Waals surface area (Å²) < 4.78 is 1.86. The highest BCUT2D eigenvalue weighted by molar-refractivity contribution is 5.36. The third-order valence-electron chi connectivity index (χ3n) is 2.64. The summed E-state index contributed by atoms with van der Waals surface area (Å²) in [4.78, 5) is 8.75. The standard InChI is InChI=1S/C12H17N5/c1-3-11-15-12(4-2)17(16-11)10-6-5-7-14-9(10)8-13/h5-7H,3-4,8,13H2,1-2H3. The number of hydrogen-bond donors (Lipinski definition) is 1. The number of hydrogen-bond acceptors (Lipinski definition) is 4. The van der Waals surface area contributed by atoms with Crippen molar-refractivity contribution in [3.05, 3.63) is 35.7 Å². The molecule has 5 heteroatoms. The Hall–Kier alpha value is -1.75. The molecule has 90 valence electrons. The van der Waals surface area contributed by atoms with Gasteiger partial charge in [-0.25, -0.2) is 9.67 Å². The fourth-order valence-corrected chi connectivity index (χ4v) is 1.74. The van der Waals surface area contributed by atoms with Crippen molar-refractivity contribution in [1.29, 1.82) is 0 Å². The largest absolute Gasteiger partial charge is 0.325 e. The zero-order chi connectivity index (χ0) is 12.3. The molecular formula is C12H17N5. The van der Waals surface area contributed by atoms with E-state index in [2.05, 4.69) is 22.0 Å². The van der Waals surface area contributed by atoms with E-state index in [1.54, 1.807) is 6.20 Å². The van der Waals surface area contributed by atoms with E-state index in [9.17, 15) is 0 Å². The normalized spacial score (nSPS) is 10.8. The Morgan fingerprint density at radius 1 is 1.29 bits per heavy atom. The van der Waals surface area contributed by atoms with Crippen LogP contribution in [0.2, 0.25) is 0 Å². The van der Waals surface area contributed by atoms with Gasteiger partial charge in [0.25, 0.3) is 0 Å². The summed E-state index contributed by atoms with van der Waals surface area (Å²) in [5.41, 5.74) is 7.47. The molecule has 0 aromatic carbocycles. The molecule has 5 nitrogen and oxygen atoms in total. The van der Waals surface area contributed by atoms with E-state index < -0.39 is 0 Å². The first-order valence-electron chi connectivity index (χ1n) is 5.89. The van der Waals surface area contributed by atoms with Crippen molar-refractivity contribution in [1.82, 2.24) is 19.7 Å². The molecule has 17 heavy (non-hydrogen) atoms. The van der Waals surface area contributed by atoms with Gasteiger partial charge in [0, 0.05) is 25.6 Å². The fraction of sp³-hybridized carbons (Fsp3) is 0.417. The van der Waals surface area contributed by atoms with Crippen LogP contribution in [-0.4, -0.2) is 19.7 Å². The van der Waals surface area contributed by atoms with E-state index in [-0.39, 0.29) is 0 Å². The highest BCUT2D eigenvalue weighted by atomic mass is 15.4. The highest BCUT2D eigenvalue weighted by Crippen LogP contribution is 2.13. The van der Waals surface area contributed by atoms with E-state index in [0.717, 1.165) is 35.9 Å². The molecule has 0 aliphatic carbocycles. The lowest BCUT2D eigenvalue weighted by molar-refractivity contribution is 0.770. The molecule has 0 saturated carbocycles. The predicted molar refractivity (Wildman–Crippen MR) is 65.8 cm³/mol. The Morgan fingerprint density at radius 2 is 2.12 bits per heavy atom. The van der Waals surface area contributed by atoms with Gasteiger partial charge in [-0.1, -0.05) is 13.8 Å². The molecule has 2 rings (SSSR count). The van der Waals surface area contributed by atoms with E-state index in [1.807, 2.05) is 23.7 Å². The van der Waals surface area contributed by atoms with Crippen LogP contribution in [0.15, 0.2) is 18.3 Å². The second-order valence-electron chi connectivity index (χ2n) is 3.74. The Bertz CT molecular complexity index is 503. The van der Waals surface area contributed by atoms with Gasteiger partial charge >= 0.3 is 0 Å². The minimum atomic E-state index is 0.403. The third-order valence-corrected chi connectivity index (χ3v) is 2.64. The first-order chi connectivity index (χ1) is 8.30. The van der Waals surface area contributed by atoms with Crippen molar-refractivity contribution in [3.8, 4) is 5.69 Å². The first kappa shape index (κ1) is 11.7. The molecule has 0 bridgehead atoms. The Kier molecular flexibility index (Phi) is 3.49. The second kappa shape index (κ2) is 5.05. The summed E-state index contributed by atoms with van der Waals surface area (Å²) in [6.45, 7) is 4.52. The minimum Gasteiger partial charge on any atom is -0.325 e. The van der Waals surface area contributed by atoms with Gasteiger partial charge < -0.3 is 5.73 Å².